The molecule has 0 bridgehead atoms. The first kappa shape index (κ1) is 17.0. The smallest absolute Gasteiger partial charge is 0.243 e. The summed E-state index contributed by atoms with van der Waals surface area (Å²) < 4.78 is 22.3. The Labute approximate surface area is 125 Å². The van der Waals surface area contributed by atoms with E-state index in [1.54, 1.807) is 4.90 Å². The maximum Gasteiger partial charge on any atom is 0.243 e. The van der Waals surface area contributed by atoms with E-state index in [4.69, 9.17) is 0 Å². The maximum absolute atomic E-state index is 12.6. The Balaban J connectivity index is 2.95. The molecule has 0 radical (unpaired) electrons. The lowest BCUT2D eigenvalue weighted by molar-refractivity contribution is -0.135. The van der Waals surface area contributed by atoms with Crippen LogP contribution >= 0.6 is 15.9 Å². The van der Waals surface area contributed by atoms with Crippen LogP contribution in [0.15, 0.2) is 0 Å². The van der Waals surface area contributed by atoms with E-state index in [9.17, 15) is 13.2 Å². The fourth-order valence-corrected chi connectivity index (χ4v) is 3.25. The molecule has 0 atom stereocenters. The summed E-state index contributed by atoms with van der Waals surface area (Å²) in [5.41, 5.74) is 0. The Morgan fingerprint density at radius 1 is 1.26 bits per heavy atom. The summed E-state index contributed by atoms with van der Waals surface area (Å²) in [5, 5.41) is 0.676. The number of amides is 1. The Kier molecular flexibility index (Phi) is 5.86. The molecule has 0 heterocycles. The molecule has 0 spiro atoms. The second kappa shape index (κ2) is 6.57. The first-order chi connectivity index (χ1) is 8.71. The Morgan fingerprint density at radius 2 is 1.79 bits per heavy atom. The fourth-order valence-electron chi connectivity index (χ4n) is 2.44. The van der Waals surface area contributed by atoms with Crippen LogP contribution in [0.3, 0.4) is 0 Å². The number of alkyl halides is 1. The molecule has 1 aliphatic carbocycles. The van der Waals surface area contributed by atoms with Gasteiger partial charge in [-0.15, -0.1) is 0 Å². The predicted molar refractivity (Wildman–Crippen MR) is 81.3 cm³/mol. The highest BCUT2D eigenvalue weighted by atomic mass is 79.9. The van der Waals surface area contributed by atoms with Gasteiger partial charge in [-0.1, -0.05) is 35.2 Å². The van der Waals surface area contributed by atoms with E-state index in [2.05, 4.69) is 15.9 Å². The van der Waals surface area contributed by atoms with E-state index in [1.165, 1.54) is 20.3 Å². The van der Waals surface area contributed by atoms with Gasteiger partial charge in [-0.05, 0) is 26.7 Å². The molecule has 1 amide bonds. The van der Waals surface area contributed by atoms with Crippen molar-refractivity contribution in [2.45, 2.75) is 56.7 Å². The van der Waals surface area contributed by atoms with Gasteiger partial charge >= 0.3 is 0 Å². The lowest BCUT2D eigenvalue weighted by Crippen LogP contribution is -2.54. The molecule has 0 N–H and O–H groups in total. The van der Waals surface area contributed by atoms with Crippen LogP contribution in [0.4, 0.5) is 0 Å². The normalized spacial score (nSPS) is 18.3. The largest absolute Gasteiger partial charge is 0.338 e. The van der Waals surface area contributed by atoms with Crippen LogP contribution in [-0.2, 0) is 14.6 Å². The van der Waals surface area contributed by atoms with Gasteiger partial charge in [0.1, 0.15) is 4.75 Å². The third-order valence-corrected chi connectivity index (χ3v) is 6.43. The Morgan fingerprint density at radius 3 is 2.21 bits per heavy atom. The summed E-state index contributed by atoms with van der Waals surface area (Å²) in [6, 6.07) is 0.194. The molecule has 0 aromatic carbocycles. The zero-order valence-corrected chi connectivity index (χ0v) is 14.4. The summed E-state index contributed by atoms with van der Waals surface area (Å²) >= 11 is 3.36. The summed E-state index contributed by atoms with van der Waals surface area (Å²) in [5.74, 6) is -0.263. The van der Waals surface area contributed by atoms with E-state index in [1.807, 2.05) is 0 Å². The number of halogens is 1. The van der Waals surface area contributed by atoms with Crippen molar-refractivity contribution in [2.24, 2.45) is 0 Å². The number of nitrogens with zero attached hydrogens (tertiary/aromatic N) is 1. The second-order valence-electron chi connectivity index (χ2n) is 5.76. The average Bonchev–Trinajstić information content (AvgIpc) is 2.34. The molecular weight excluding hydrogens is 330 g/mol. The summed E-state index contributed by atoms with van der Waals surface area (Å²) in [6.45, 7) is 3.59. The quantitative estimate of drug-likeness (QED) is 0.713. The minimum Gasteiger partial charge on any atom is -0.338 e. The standard InChI is InChI=1S/C13H24BrNO3S/c1-13(2,19(3,17)18)12(16)15(10-9-14)11-7-5-4-6-8-11/h11H,4-10H2,1-3H3. The lowest BCUT2D eigenvalue weighted by atomic mass is 9.93. The number of hydrogen-bond donors (Lipinski definition) is 0. The zero-order valence-electron chi connectivity index (χ0n) is 12.0. The van der Waals surface area contributed by atoms with Gasteiger partial charge in [-0.3, -0.25) is 4.79 Å². The minimum atomic E-state index is -3.41. The summed E-state index contributed by atoms with van der Waals surface area (Å²) in [4.78, 5) is 14.4. The molecule has 0 aromatic heterocycles. The van der Waals surface area contributed by atoms with E-state index in [-0.39, 0.29) is 11.9 Å². The third-order valence-electron chi connectivity index (χ3n) is 4.04. The minimum absolute atomic E-state index is 0.194. The first-order valence-electron chi connectivity index (χ1n) is 6.78. The SMILES string of the molecule is CC(C)(C(=O)N(CCBr)C1CCCCC1)S(C)(=O)=O. The Hall–Kier alpha value is -0.100. The van der Waals surface area contributed by atoms with E-state index < -0.39 is 14.6 Å². The number of sulfone groups is 1. The van der Waals surface area contributed by atoms with Crippen LogP contribution in [0, 0.1) is 0 Å². The number of rotatable bonds is 5. The zero-order chi connectivity index (χ0) is 14.7. The van der Waals surface area contributed by atoms with Crippen LogP contribution in [-0.4, -0.2) is 48.1 Å². The maximum atomic E-state index is 12.6. The van der Waals surface area contributed by atoms with Gasteiger partial charge in [0.2, 0.25) is 5.91 Å². The van der Waals surface area contributed by atoms with Crippen molar-refractivity contribution in [2.75, 3.05) is 18.1 Å². The van der Waals surface area contributed by atoms with Crippen molar-refractivity contribution < 1.29 is 13.2 Å². The molecule has 112 valence electrons. The molecular formula is C13H24BrNO3S. The molecule has 0 aromatic rings. The van der Waals surface area contributed by atoms with Crippen LogP contribution in [0.5, 0.6) is 0 Å². The predicted octanol–water partition coefficient (Wildman–Crippen LogP) is 2.37. The van der Waals surface area contributed by atoms with E-state index in [0.717, 1.165) is 31.9 Å². The molecule has 6 heteroatoms. The molecule has 1 saturated carbocycles. The van der Waals surface area contributed by atoms with Crippen molar-refractivity contribution in [3.05, 3.63) is 0 Å². The number of carbonyl (C=O) groups excluding carboxylic acids is 1. The molecule has 1 aliphatic rings. The van der Waals surface area contributed by atoms with E-state index in [0.29, 0.717) is 11.9 Å². The van der Waals surface area contributed by atoms with Crippen molar-refractivity contribution in [3.8, 4) is 0 Å². The number of carbonyl (C=O) groups is 1. The van der Waals surface area contributed by atoms with Gasteiger partial charge in [0, 0.05) is 24.2 Å². The fraction of sp³-hybridized carbons (Fsp3) is 0.923. The highest BCUT2D eigenvalue weighted by Gasteiger charge is 2.43. The Bertz CT molecular complexity index is 414. The molecule has 1 rings (SSSR count). The molecule has 1 fully saturated rings. The van der Waals surface area contributed by atoms with Crippen molar-refractivity contribution >= 4 is 31.7 Å². The molecule has 0 unspecified atom stereocenters. The monoisotopic (exact) mass is 353 g/mol. The summed E-state index contributed by atoms with van der Waals surface area (Å²) in [6.07, 6.45) is 6.56. The highest BCUT2D eigenvalue weighted by Crippen LogP contribution is 2.27. The second-order valence-corrected chi connectivity index (χ2v) is 9.12. The van der Waals surface area contributed by atoms with Gasteiger partial charge in [0.15, 0.2) is 9.84 Å². The van der Waals surface area contributed by atoms with Crippen LogP contribution in [0.25, 0.3) is 0 Å². The van der Waals surface area contributed by atoms with E-state index >= 15 is 0 Å². The van der Waals surface area contributed by atoms with Crippen molar-refractivity contribution in [1.29, 1.82) is 0 Å². The summed E-state index contributed by atoms with van der Waals surface area (Å²) in [7, 11) is -3.41. The van der Waals surface area contributed by atoms with Gasteiger partial charge in [0.05, 0.1) is 0 Å². The van der Waals surface area contributed by atoms with Gasteiger partial charge in [0.25, 0.3) is 0 Å². The van der Waals surface area contributed by atoms with Crippen LogP contribution in [0.2, 0.25) is 0 Å². The number of hydrogen-bond acceptors (Lipinski definition) is 3. The third kappa shape index (κ3) is 3.94. The first-order valence-corrected chi connectivity index (χ1v) is 9.79. The van der Waals surface area contributed by atoms with Gasteiger partial charge < -0.3 is 4.90 Å². The van der Waals surface area contributed by atoms with Gasteiger partial charge in [-0.2, -0.15) is 0 Å². The molecule has 0 aliphatic heterocycles. The molecule has 4 nitrogen and oxygen atoms in total. The van der Waals surface area contributed by atoms with Gasteiger partial charge in [-0.25, -0.2) is 8.42 Å². The van der Waals surface area contributed by atoms with Crippen molar-refractivity contribution in [3.63, 3.8) is 0 Å². The van der Waals surface area contributed by atoms with Crippen LogP contribution in [0.1, 0.15) is 46.0 Å². The highest BCUT2D eigenvalue weighted by molar-refractivity contribution is 9.09. The van der Waals surface area contributed by atoms with Crippen molar-refractivity contribution in [1.82, 2.24) is 4.90 Å². The topological polar surface area (TPSA) is 54.5 Å². The molecule has 19 heavy (non-hydrogen) atoms. The lowest BCUT2D eigenvalue weighted by Gasteiger charge is -2.38. The average molecular weight is 354 g/mol. The van der Waals surface area contributed by atoms with Crippen LogP contribution < -0.4 is 0 Å². The molecule has 0 saturated heterocycles.